The van der Waals surface area contributed by atoms with E-state index in [-0.39, 0.29) is 18.7 Å². The van der Waals surface area contributed by atoms with E-state index in [4.69, 9.17) is 21.4 Å². The Labute approximate surface area is 234 Å². The normalized spacial score (nSPS) is 11.3. The lowest BCUT2D eigenvalue weighted by Gasteiger charge is -2.22. The Kier molecular flexibility index (Phi) is 7.94. The molecule has 0 amide bonds. The van der Waals surface area contributed by atoms with Crippen LogP contribution in [0.4, 0.5) is 0 Å². The van der Waals surface area contributed by atoms with Crippen LogP contribution in [-0.4, -0.2) is 26.8 Å². The van der Waals surface area contributed by atoms with E-state index in [0.717, 1.165) is 11.1 Å². The molecule has 0 aliphatic heterocycles. The van der Waals surface area contributed by atoms with Gasteiger partial charge in [0, 0.05) is 11.6 Å². The maximum atomic E-state index is 14.0. The van der Waals surface area contributed by atoms with Crippen molar-refractivity contribution in [3.05, 3.63) is 158 Å². The van der Waals surface area contributed by atoms with Crippen molar-refractivity contribution in [1.29, 1.82) is 0 Å². The minimum atomic E-state index is -1.01. The molecule has 1 heterocycles. The van der Waals surface area contributed by atoms with Gasteiger partial charge in [-0.2, -0.15) is 0 Å². The third kappa shape index (κ3) is 5.60. The van der Waals surface area contributed by atoms with E-state index in [9.17, 15) is 14.4 Å². The van der Waals surface area contributed by atoms with Gasteiger partial charge in [0.05, 0.1) is 22.5 Å². The minimum Gasteiger partial charge on any atom is -0.490 e. The summed E-state index contributed by atoms with van der Waals surface area (Å²) < 4.78 is 8.50. The number of allylic oxidation sites excluding steroid dienone is 1. The fourth-order valence-corrected chi connectivity index (χ4v) is 4.79. The number of aromatic nitrogens is 2. The monoisotopic (exact) mass is 552 g/mol. The minimum absolute atomic E-state index is 0.175. The summed E-state index contributed by atoms with van der Waals surface area (Å²) in [6, 6.07) is 29.3. The average Bonchev–Trinajstić information content (AvgIpc) is 2.98. The second-order valence-electron chi connectivity index (χ2n) is 9.07. The third-order valence-electron chi connectivity index (χ3n) is 6.53. The summed E-state index contributed by atoms with van der Waals surface area (Å²) in [6.45, 7) is 0.399. The van der Waals surface area contributed by atoms with E-state index in [0.29, 0.717) is 21.7 Å². The number of carboxylic acids is 1. The molecule has 8 heteroatoms. The molecule has 5 rings (SSSR count). The van der Waals surface area contributed by atoms with E-state index in [2.05, 4.69) is 0 Å². The first-order valence-electron chi connectivity index (χ1n) is 12.6. The van der Waals surface area contributed by atoms with Crippen LogP contribution in [-0.2, 0) is 6.54 Å². The predicted molar refractivity (Wildman–Crippen MR) is 156 cm³/mol. The van der Waals surface area contributed by atoms with E-state index >= 15 is 0 Å². The molecule has 40 heavy (non-hydrogen) atoms. The van der Waals surface area contributed by atoms with Crippen LogP contribution in [0.25, 0.3) is 10.9 Å². The van der Waals surface area contributed by atoms with Crippen LogP contribution in [0.3, 0.4) is 0 Å². The summed E-state index contributed by atoms with van der Waals surface area (Å²) in [4.78, 5) is 38.9. The van der Waals surface area contributed by atoms with Crippen molar-refractivity contribution < 1.29 is 14.6 Å². The zero-order valence-corrected chi connectivity index (χ0v) is 22.1. The van der Waals surface area contributed by atoms with Crippen molar-refractivity contribution in [3.8, 4) is 5.75 Å². The molecule has 0 aliphatic rings. The smallest absolute Gasteiger partial charge is 0.335 e. The lowest BCUT2D eigenvalue weighted by molar-refractivity contribution is 0.0697. The topological polar surface area (TPSA) is 90.5 Å². The zero-order valence-electron chi connectivity index (χ0n) is 21.3. The Morgan fingerprint density at radius 3 is 2.08 bits per heavy atom. The second kappa shape index (κ2) is 11.9. The van der Waals surface area contributed by atoms with Crippen LogP contribution >= 0.6 is 11.6 Å². The largest absolute Gasteiger partial charge is 0.490 e. The number of hydrogen-bond donors (Lipinski definition) is 1. The Morgan fingerprint density at radius 1 is 0.850 bits per heavy atom. The number of aromatic carboxylic acids is 1. The Morgan fingerprint density at radius 2 is 1.48 bits per heavy atom. The standard InChI is InChI=1S/C32H25ClN2O5/c33-25-15-18-28-27(21-25)30(36)35(29(22-9-3-1-4-10-22)23-11-5-2-6-12-23)32(39)34(28)19-7-8-20-40-26-16-13-24(14-17-26)31(37)38/h1-18,21,29H,19-20H2,(H,37,38)/b8-7+. The first kappa shape index (κ1) is 26.7. The number of benzene rings is 4. The SMILES string of the molecule is O=C(O)c1ccc(OC/C=C/Cn2c(=O)n(C(c3ccccc3)c3ccccc3)c(=O)c3cc(Cl)ccc32)cc1. The van der Waals surface area contributed by atoms with Gasteiger partial charge in [-0.3, -0.25) is 9.36 Å². The molecule has 0 spiro atoms. The van der Waals surface area contributed by atoms with Crippen LogP contribution in [0.1, 0.15) is 27.5 Å². The number of fused-ring (bicyclic) bond motifs is 1. The molecule has 0 bridgehead atoms. The number of ether oxygens (including phenoxy) is 1. The van der Waals surface area contributed by atoms with Gasteiger partial charge in [-0.1, -0.05) is 78.3 Å². The van der Waals surface area contributed by atoms with Crippen LogP contribution in [0, 0.1) is 0 Å². The lowest BCUT2D eigenvalue weighted by atomic mass is 9.98. The Balaban J connectivity index is 1.53. The fourth-order valence-electron chi connectivity index (χ4n) is 4.62. The molecular weight excluding hydrogens is 528 g/mol. The highest BCUT2D eigenvalue weighted by molar-refractivity contribution is 6.31. The quantitative estimate of drug-likeness (QED) is 0.234. The highest BCUT2D eigenvalue weighted by Crippen LogP contribution is 2.25. The number of carboxylic acid groups (broad SMARTS) is 1. The fraction of sp³-hybridized carbons (Fsp3) is 0.0938. The van der Waals surface area contributed by atoms with Gasteiger partial charge in [0.25, 0.3) is 5.56 Å². The molecule has 5 aromatic rings. The summed E-state index contributed by atoms with van der Waals surface area (Å²) in [6.07, 6.45) is 3.55. The molecular formula is C32H25ClN2O5. The van der Waals surface area contributed by atoms with Crippen molar-refractivity contribution in [2.75, 3.05) is 6.61 Å². The molecule has 0 aliphatic carbocycles. The molecule has 0 unspecified atom stereocenters. The number of rotatable bonds is 9. The zero-order chi connectivity index (χ0) is 28.1. The van der Waals surface area contributed by atoms with Gasteiger partial charge in [0.15, 0.2) is 0 Å². The highest BCUT2D eigenvalue weighted by atomic mass is 35.5. The lowest BCUT2D eigenvalue weighted by Crippen LogP contribution is -2.43. The highest BCUT2D eigenvalue weighted by Gasteiger charge is 2.23. The summed E-state index contributed by atoms with van der Waals surface area (Å²) in [5.74, 6) is -0.484. The van der Waals surface area contributed by atoms with Crippen molar-refractivity contribution in [1.82, 2.24) is 9.13 Å². The summed E-state index contributed by atoms with van der Waals surface area (Å²) in [5, 5.41) is 9.77. The molecule has 4 aromatic carbocycles. The van der Waals surface area contributed by atoms with Gasteiger partial charge in [0.1, 0.15) is 12.4 Å². The van der Waals surface area contributed by atoms with Crippen LogP contribution < -0.4 is 16.0 Å². The van der Waals surface area contributed by atoms with Gasteiger partial charge in [-0.15, -0.1) is 0 Å². The van der Waals surface area contributed by atoms with E-state index < -0.39 is 23.3 Å². The van der Waals surface area contributed by atoms with Crippen molar-refractivity contribution in [2.24, 2.45) is 0 Å². The van der Waals surface area contributed by atoms with Crippen molar-refractivity contribution >= 4 is 28.5 Å². The molecule has 0 atom stereocenters. The molecule has 0 fully saturated rings. The van der Waals surface area contributed by atoms with E-state index in [1.807, 2.05) is 60.7 Å². The van der Waals surface area contributed by atoms with Crippen molar-refractivity contribution in [2.45, 2.75) is 12.6 Å². The summed E-state index contributed by atoms with van der Waals surface area (Å²) >= 11 is 6.28. The summed E-state index contributed by atoms with van der Waals surface area (Å²) in [5.41, 5.74) is 1.39. The Bertz CT molecular complexity index is 1750. The third-order valence-corrected chi connectivity index (χ3v) is 6.76. The molecule has 1 N–H and O–H groups in total. The van der Waals surface area contributed by atoms with Crippen LogP contribution in [0.5, 0.6) is 5.75 Å². The number of hydrogen-bond acceptors (Lipinski definition) is 4. The molecule has 0 saturated carbocycles. The van der Waals surface area contributed by atoms with Crippen LogP contribution in [0.2, 0.25) is 5.02 Å². The van der Waals surface area contributed by atoms with Gasteiger partial charge in [-0.25, -0.2) is 14.2 Å². The van der Waals surface area contributed by atoms with Gasteiger partial charge >= 0.3 is 11.7 Å². The van der Waals surface area contributed by atoms with Crippen molar-refractivity contribution in [3.63, 3.8) is 0 Å². The van der Waals surface area contributed by atoms with E-state index in [1.165, 1.54) is 16.7 Å². The molecule has 1 aromatic heterocycles. The molecule has 0 saturated heterocycles. The summed E-state index contributed by atoms with van der Waals surface area (Å²) in [7, 11) is 0. The van der Waals surface area contributed by atoms with E-state index in [1.54, 1.807) is 47.1 Å². The average molecular weight is 553 g/mol. The van der Waals surface area contributed by atoms with Gasteiger partial charge in [-0.05, 0) is 59.7 Å². The molecule has 0 radical (unpaired) electrons. The van der Waals surface area contributed by atoms with Crippen LogP contribution in [0.15, 0.2) is 125 Å². The van der Waals surface area contributed by atoms with Gasteiger partial charge < -0.3 is 9.84 Å². The predicted octanol–water partition coefficient (Wildman–Crippen LogP) is 5.79. The number of nitrogens with zero attached hydrogens (tertiary/aromatic N) is 2. The molecule has 200 valence electrons. The van der Waals surface area contributed by atoms with Gasteiger partial charge in [0.2, 0.25) is 0 Å². The first-order valence-corrected chi connectivity index (χ1v) is 13.0. The number of carbonyl (C=O) groups is 1. The first-order chi connectivity index (χ1) is 19.4. The molecule has 7 nitrogen and oxygen atoms in total. The second-order valence-corrected chi connectivity index (χ2v) is 9.50. The maximum absolute atomic E-state index is 14.0. The Hall–Kier alpha value is -4.88. The number of halogens is 1. The maximum Gasteiger partial charge on any atom is 0.335 e.